The van der Waals surface area contributed by atoms with Crippen molar-refractivity contribution in [1.29, 1.82) is 0 Å². The number of halogens is 1. The number of carbonyl (C=O) groups excluding carboxylic acids is 1. The Balaban J connectivity index is 1.54. The molecule has 0 radical (unpaired) electrons. The highest BCUT2D eigenvalue weighted by Crippen LogP contribution is 2.16. The van der Waals surface area contributed by atoms with Gasteiger partial charge < -0.3 is 9.42 Å². The molecule has 0 unspecified atom stereocenters. The van der Waals surface area contributed by atoms with E-state index < -0.39 is 0 Å². The second kappa shape index (κ2) is 7.94. The van der Waals surface area contributed by atoms with Gasteiger partial charge in [0.25, 0.3) is 0 Å². The van der Waals surface area contributed by atoms with Gasteiger partial charge in [0.05, 0.1) is 0 Å². The Hall–Kier alpha value is -2.66. The number of carbonyl (C=O) groups is 1. The molecule has 0 fully saturated rings. The van der Waals surface area contributed by atoms with E-state index in [1.807, 2.05) is 54.6 Å². The van der Waals surface area contributed by atoms with Gasteiger partial charge in [-0.1, -0.05) is 59.2 Å². The smallest absolute Gasteiger partial charge is 0.227 e. The van der Waals surface area contributed by atoms with Crippen molar-refractivity contribution in [3.63, 3.8) is 0 Å². The van der Waals surface area contributed by atoms with Gasteiger partial charge in [0, 0.05) is 37.0 Å². The van der Waals surface area contributed by atoms with Crippen molar-refractivity contribution in [2.75, 3.05) is 7.05 Å². The maximum atomic E-state index is 12.3. The molecule has 0 bridgehead atoms. The van der Waals surface area contributed by atoms with Crippen LogP contribution in [0.4, 0.5) is 0 Å². The standard InChI is InChI=1S/C19H18ClN3O2/c1-23(13-14-6-5-9-16(20)12-14)18(24)11-10-17-21-19(22-25-17)15-7-3-2-4-8-15/h2-9,12H,10-11,13H2,1H3. The first-order chi connectivity index (χ1) is 12.1. The summed E-state index contributed by atoms with van der Waals surface area (Å²) in [5.74, 6) is 1.01. The summed E-state index contributed by atoms with van der Waals surface area (Å²) >= 11 is 5.97. The largest absolute Gasteiger partial charge is 0.341 e. The topological polar surface area (TPSA) is 59.2 Å². The second-order valence-corrected chi connectivity index (χ2v) is 6.19. The van der Waals surface area contributed by atoms with Crippen molar-refractivity contribution < 1.29 is 9.32 Å². The van der Waals surface area contributed by atoms with Crippen LogP contribution in [0.2, 0.25) is 5.02 Å². The molecule has 1 aromatic heterocycles. The van der Waals surface area contributed by atoms with Gasteiger partial charge in [-0.2, -0.15) is 4.98 Å². The van der Waals surface area contributed by atoms with Crippen molar-refractivity contribution in [1.82, 2.24) is 15.0 Å². The zero-order chi connectivity index (χ0) is 17.6. The summed E-state index contributed by atoms with van der Waals surface area (Å²) in [6.07, 6.45) is 0.728. The van der Waals surface area contributed by atoms with Crippen LogP contribution in [0.5, 0.6) is 0 Å². The Kier molecular flexibility index (Phi) is 5.46. The summed E-state index contributed by atoms with van der Waals surface area (Å²) < 4.78 is 5.23. The number of hydrogen-bond donors (Lipinski definition) is 0. The van der Waals surface area contributed by atoms with E-state index >= 15 is 0 Å². The van der Waals surface area contributed by atoms with Crippen LogP contribution in [0.15, 0.2) is 59.1 Å². The Morgan fingerprint density at radius 3 is 2.72 bits per heavy atom. The van der Waals surface area contributed by atoms with E-state index in [4.69, 9.17) is 16.1 Å². The first-order valence-corrected chi connectivity index (χ1v) is 8.36. The van der Waals surface area contributed by atoms with E-state index in [1.54, 1.807) is 11.9 Å². The summed E-state index contributed by atoms with van der Waals surface area (Å²) in [4.78, 5) is 18.3. The zero-order valence-electron chi connectivity index (χ0n) is 13.9. The van der Waals surface area contributed by atoms with E-state index in [0.717, 1.165) is 11.1 Å². The summed E-state index contributed by atoms with van der Waals surface area (Å²) in [6, 6.07) is 17.1. The minimum Gasteiger partial charge on any atom is -0.341 e. The van der Waals surface area contributed by atoms with Gasteiger partial charge in [0.15, 0.2) is 0 Å². The molecule has 0 saturated heterocycles. The molecule has 0 aliphatic rings. The molecule has 2 aromatic carbocycles. The van der Waals surface area contributed by atoms with Crippen LogP contribution in [0.3, 0.4) is 0 Å². The van der Waals surface area contributed by atoms with E-state index in [0.29, 0.717) is 36.1 Å². The van der Waals surface area contributed by atoms with Gasteiger partial charge in [0.1, 0.15) is 0 Å². The normalized spacial score (nSPS) is 10.6. The third-order valence-corrected chi connectivity index (χ3v) is 4.02. The summed E-state index contributed by atoms with van der Waals surface area (Å²) in [7, 11) is 1.77. The van der Waals surface area contributed by atoms with Crippen molar-refractivity contribution >= 4 is 17.5 Å². The van der Waals surface area contributed by atoms with Gasteiger partial charge in [-0.25, -0.2) is 0 Å². The average molecular weight is 356 g/mol. The number of aryl methyl sites for hydroxylation is 1. The van der Waals surface area contributed by atoms with Gasteiger partial charge in [-0.15, -0.1) is 0 Å². The van der Waals surface area contributed by atoms with Crippen molar-refractivity contribution in [3.8, 4) is 11.4 Å². The Labute approximate surface area is 151 Å². The fraction of sp³-hybridized carbons (Fsp3) is 0.211. The lowest BCUT2D eigenvalue weighted by Crippen LogP contribution is -2.26. The van der Waals surface area contributed by atoms with Crippen LogP contribution in [0, 0.1) is 0 Å². The lowest BCUT2D eigenvalue weighted by Gasteiger charge is -2.17. The fourth-order valence-corrected chi connectivity index (χ4v) is 2.68. The summed E-state index contributed by atoms with van der Waals surface area (Å²) in [5, 5.41) is 4.63. The highest BCUT2D eigenvalue weighted by Gasteiger charge is 2.13. The maximum absolute atomic E-state index is 12.3. The molecule has 1 amide bonds. The zero-order valence-corrected chi connectivity index (χ0v) is 14.6. The summed E-state index contributed by atoms with van der Waals surface area (Å²) in [6.45, 7) is 0.512. The molecule has 0 aliphatic heterocycles. The van der Waals surface area contributed by atoms with Crippen LogP contribution in [0.25, 0.3) is 11.4 Å². The van der Waals surface area contributed by atoms with E-state index in [-0.39, 0.29) is 5.91 Å². The number of aromatic nitrogens is 2. The van der Waals surface area contributed by atoms with Crippen LogP contribution >= 0.6 is 11.6 Å². The number of amides is 1. The quantitative estimate of drug-likeness (QED) is 0.671. The van der Waals surface area contributed by atoms with E-state index in [2.05, 4.69) is 10.1 Å². The first-order valence-electron chi connectivity index (χ1n) is 7.98. The highest BCUT2D eigenvalue weighted by molar-refractivity contribution is 6.30. The molecule has 5 nitrogen and oxygen atoms in total. The van der Waals surface area contributed by atoms with Crippen molar-refractivity contribution in [2.24, 2.45) is 0 Å². The minimum absolute atomic E-state index is 0.0134. The third-order valence-electron chi connectivity index (χ3n) is 3.79. The van der Waals surface area contributed by atoms with Gasteiger partial charge >= 0.3 is 0 Å². The van der Waals surface area contributed by atoms with Gasteiger partial charge in [-0.05, 0) is 17.7 Å². The fourth-order valence-electron chi connectivity index (χ4n) is 2.46. The SMILES string of the molecule is CN(Cc1cccc(Cl)c1)C(=O)CCc1nc(-c2ccccc2)no1. The monoisotopic (exact) mass is 355 g/mol. The number of benzene rings is 2. The molecule has 1 heterocycles. The van der Waals surface area contributed by atoms with Crippen molar-refractivity contribution in [3.05, 3.63) is 71.1 Å². The molecule has 25 heavy (non-hydrogen) atoms. The lowest BCUT2D eigenvalue weighted by atomic mass is 10.2. The predicted molar refractivity (Wildman–Crippen MR) is 96.0 cm³/mol. The number of rotatable bonds is 6. The molecule has 6 heteroatoms. The molecule has 0 aliphatic carbocycles. The Morgan fingerprint density at radius 1 is 1.16 bits per heavy atom. The Bertz CT molecular complexity index is 849. The molecule has 128 valence electrons. The Morgan fingerprint density at radius 2 is 1.96 bits per heavy atom. The minimum atomic E-state index is 0.0134. The number of nitrogens with zero attached hydrogens (tertiary/aromatic N) is 3. The van der Waals surface area contributed by atoms with Gasteiger partial charge in [-0.3, -0.25) is 4.79 Å². The highest BCUT2D eigenvalue weighted by atomic mass is 35.5. The van der Waals surface area contributed by atoms with E-state index in [9.17, 15) is 4.79 Å². The van der Waals surface area contributed by atoms with Crippen LogP contribution in [0.1, 0.15) is 17.9 Å². The molecular formula is C19H18ClN3O2. The predicted octanol–water partition coefficient (Wildman–Crippen LogP) is 3.98. The molecule has 0 N–H and O–H groups in total. The molecule has 0 spiro atoms. The molecule has 3 rings (SSSR count). The van der Waals surface area contributed by atoms with Crippen molar-refractivity contribution in [2.45, 2.75) is 19.4 Å². The maximum Gasteiger partial charge on any atom is 0.227 e. The van der Waals surface area contributed by atoms with Crippen LogP contribution in [-0.4, -0.2) is 28.0 Å². The first kappa shape index (κ1) is 17.2. The second-order valence-electron chi connectivity index (χ2n) is 5.76. The summed E-state index contributed by atoms with van der Waals surface area (Å²) in [5.41, 5.74) is 1.88. The third kappa shape index (κ3) is 4.67. The molecule has 0 saturated carbocycles. The molecular weight excluding hydrogens is 338 g/mol. The van der Waals surface area contributed by atoms with Crippen LogP contribution in [-0.2, 0) is 17.8 Å². The van der Waals surface area contributed by atoms with Gasteiger partial charge in [0.2, 0.25) is 17.6 Å². The number of hydrogen-bond acceptors (Lipinski definition) is 4. The van der Waals surface area contributed by atoms with E-state index in [1.165, 1.54) is 0 Å². The molecule has 3 aromatic rings. The lowest BCUT2D eigenvalue weighted by molar-refractivity contribution is -0.130. The molecule has 0 atom stereocenters. The average Bonchev–Trinajstić information content (AvgIpc) is 3.09. The van der Waals surface area contributed by atoms with Crippen LogP contribution < -0.4 is 0 Å².